The first-order chi connectivity index (χ1) is 12.4. The van der Waals surface area contributed by atoms with E-state index in [-0.39, 0.29) is 24.3 Å². The molecule has 0 atom stereocenters. The maximum Gasteiger partial charge on any atom is 0.306 e. The smallest absolute Gasteiger partial charge is 0.306 e. The summed E-state index contributed by atoms with van der Waals surface area (Å²) in [5.41, 5.74) is 1.54. The molecule has 1 N–H and O–H groups in total. The van der Waals surface area contributed by atoms with E-state index in [9.17, 15) is 14.4 Å². The molecular formula is C19H23N3O4. The number of likely N-dealkylation sites (tertiary alicyclic amines) is 1. The van der Waals surface area contributed by atoms with Gasteiger partial charge in [-0.25, -0.2) is 0 Å². The maximum absolute atomic E-state index is 12.8. The molecule has 26 heavy (non-hydrogen) atoms. The summed E-state index contributed by atoms with van der Waals surface area (Å²) < 4.78 is 1.95. The molecule has 138 valence electrons. The highest BCUT2D eigenvalue weighted by Gasteiger charge is 2.28. The van der Waals surface area contributed by atoms with Gasteiger partial charge < -0.3 is 19.5 Å². The molecule has 2 aromatic rings. The van der Waals surface area contributed by atoms with Crippen LogP contribution in [0.2, 0.25) is 0 Å². The van der Waals surface area contributed by atoms with Crippen molar-refractivity contribution in [3.8, 4) is 0 Å². The van der Waals surface area contributed by atoms with Gasteiger partial charge in [-0.1, -0.05) is 6.07 Å². The van der Waals surface area contributed by atoms with Gasteiger partial charge in [0.25, 0.3) is 5.91 Å². The lowest BCUT2D eigenvalue weighted by atomic mass is 9.97. The average Bonchev–Trinajstić information content (AvgIpc) is 3.02. The van der Waals surface area contributed by atoms with Gasteiger partial charge in [-0.15, -0.1) is 0 Å². The number of benzene rings is 1. The van der Waals surface area contributed by atoms with Crippen molar-refractivity contribution in [1.82, 2.24) is 14.4 Å². The van der Waals surface area contributed by atoms with Crippen molar-refractivity contribution in [2.75, 3.05) is 26.7 Å². The molecule has 1 aromatic carbocycles. The Balaban J connectivity index is 1.66. The van der Waals surface area contributed by atoms with Crippen LogP contribution in [-0.4, -0.2) is 63.9 Å². The number of carbonyl (C=O) groups is 3. The van der Waals surface area contributed by atoms with Crippen LogP contribution in [-0.2, 0) is 16.6 Å². The first-order valence-corrected chi connectivity index (χ1v) is 8.68. The number of aromatic nitrogens is 1. The van der Waals surface area contributed by atoms with Crippen LogP contribution in [0.4, 0.5) is 0 Å². The van der Waals surface area contributed by atoms with Crippen LogP contribution in [0.1, 0.15) is 23.2 Å². The van der Waals surface area contributed by atoms with Crippen molar-refractivity contribution in [3.05, 3.63) is 36.0 Å². The third-order valence-corrected chi connectivity index (χ3v) is 5.07. The minimum absolute atomic E-state index is 0.0141. The molecule has 2 heterocycles. The van der Waals surface area contributed by atoms with Gasteiger partial charge in [-0.05, 0) is 31.0 Å². The number of aryl methyl sites for hydroxylation is 1. The number of aliphatic carboxylic acids is 1. The number of carboxylic acids is 1. The van der Waals surface area contributed by atoms with E-state index in [0.29, 0.717) is 31.5 Å². The van der Waals surface area contributed by atoms with Gasteiger partial charge in [-0.3, -0.25) is 14.4 Å². The summed E-state index contributed by atoms with van der Waals surface area (Å²) >= 11 is 0. The summed E-state index contributed by atoms with van der Waals surface area (Å²) in [5, 5.41) is 9.90. The van der Waals surface area contributed by atoms with Crippen LogP contribution in [0.3, 0.4) is 0 Å². The Hall–Kier alpha value is -2.83. The topological polar surface area (TPSA) is 82.9 Å². The van der Waals surface area contributed by atoms with E-state index in [2.05, 4.69) is 0 Å². The Labute approximate surface area is 151 Å². The quantitative estimate of drug-likeness (QED) is 0.900. The minimum Gasteiger partial charge on any atom is -0.481 e. The van der Waals surface area contributed by atoms with Crippen molar-refractivity contribution < 1.29 is 19.5 Å². The van der Waals surface area contributed by atoms with Crippen molar-refractivity contribution >= 4 is 28.7 Å². The Kier molecular flexibility index (Phi) is 4.97. The largest absolute Gasteiger partial charge is 0.481 e. The zero-order valence-electron chi connectivity index (χ0n) is 15.0. The molecule has 0 bridgehead atoms. The highest BCUT2D eigenvalue weighted by atomic mass is 16.4. The summed E-state index contributed by atoms with van der Waals surface area (Å²) in [6.45, 7) is 0.831. The van der Waals surface area contributed by atoms with Gasteiger partial charge >= 0.3 is 5.97 Å². The normalized spacial score (nSPS) is 15.2. The van der Waals surface area contributed by atoms with Crippen LogP contribution >= 0.6 is 0 Å². The van der Waals surface area contributed by atoms with Gasteiger partial charge in [0, 0.05) is 49.8 Å². The van der Waals surface area contributed by atoms with Crippen LogP contribution < -0.4 is 0 Å². The molecule has 2 amide bonds. The second-order valence-corrected chi connectivity index (χ2v) is 6.82. The number of rotatable bonds is 4. The van der Waals surface area contributed by atoms with E-state index in [0.717, 1.165) is 10.9 Å². The molecule has 0 saturated carbocycles. The fraction of sp³-hybridized carbons (Fsp3) is 0.421. The number of hydrogen-bond acceptors (Lipinski definition) is 3. The summed E-state index contributed by atoms with van der Waals surface area (Å²) in [7, 11) is 3.54. The third kappa shape index (κ3) is 3.42. The first kappa shape index (κ1) is 18.0. The zero-order valence-corrected chi connectivity index (χ0v) is 15.0. The van der Waals surface area contributed by atoms with Crippen LogP contribution in [0.15, 0.2) is 30.5 Å². The molecule has 0 spiro atoms. The molecule has 1 aliphatic heterocycles. The summed E-state index contributed by atoms with van der Waals surface area (Å²) in [6.07, 6.45) is 2.82. The second-order valence-electron chi connectivity index (χ2n) is 6.82. The maximum atomic E-state index is 12.8. The first-order valence-electron chi connectivity index (χ1n) is 8.68. The molecule has 0 unspecified atom stereocenters. The van der Waals surface area contributed by atoms with E-state index in [1.165, 1.54) is 4.90 Å². The standard InChI is InChI=1S/C19H23N3O4/c1-20-9-8-14-15(4-3-5-16(14)20)18(24)21(2)12-17(23)22-10-6-13(7-11-22)19(25)26/h3-5,8-9,13H,6-7,10-12H2,1-2H3,(H,25,26). The van der Waals surface area contributed by atoms with E-state index >= 15 is 0 Å². The molecule has 7 nitrogen and oxygen atoms in total. The molecule has 0 radical (unpaired) electrons. The monoisotopic (exact) mass is 357 g/mol. The molecule has 1 fully saturated rings. The zero-order chi connectivity index (χ0) is 18.8. The number of nitrogens with zero attached hydrogens (tertiary/aromatic N) is 3. The molecule has 1 aromatic heterocycles. The van der Waals surface area contributed by atoms with Gasteiger partial charge in [0.15, 0.2) is 0 Å². The summed E-state index contributed by atoms with van der Waals surface area (Å²) in [4.78, 5) is 39.3. The van der Waals surface area contributed by atoms with E-state index < -0.39 is 5.97 Å². The molecule has 7 heteroatoms. The Morgan fingerprint density at radius 2 is 1.88 bits per heavy atom. The predicted octanol–water partition coefficient (Wildman–Crippen LogP) is 1.57. The molecule has 1 saturated heterocycles. The summed E-state index contributed by atoms with van der Waals surface area (Å²) in [5.74, 6) is -1.53. The predicted molar refractivity (Wildman–Crippen MR) is 96.8 cm³/mol. The molecular weight excluding hydrogens is 334 g/mol. The molecule has 1 aliphatic rings. The number of carbonyl (C=O) groups excluding carboxylic acids is 2. The van der Waals surface area contributed by atoms with Gasteiger partial charge in [0.05, 0.1) is 12.5 Å². The number of fused-ring (bicyclic) bond motifs is 1. The number of carboxylic acid groups (broad SMARTS) is 1. The molecule has 0 aliphatic carbocycles. The van der Waals surface area contributed by atoms with Gasteiger partial charge in [0.1, 0.15) is 0 Å². The third-order valence-electron chi connectivity index (χ3n) is 5.07. The Morgan fingerprint density at radius 3 is 2.54 bits per heavy atom. The fourth-order valence-electron chi connectivity index (χ4n) is 3.45. The number of amides is 2. The van der Waals surface area contributed by atoms with Crippen LogP contribution in [0.5, 0.6) is 0 Å². The van der Waals surface area contributed by atoms with Crippen molar-refractivity contribution in [2.24, 2.45) is 13.0 Å². The number of piperidine rings is 1. The fourth-order valence-corrected chi connectivity index (χ4v) is 3.45. The van der Waals surface area contributed by atoms with E-state index in [1.807, 2.05) is 36.0 Å². The lowest BCUT2D eigenvalue weighted by Crippen LogP contribution is -2.45. The summed E-state index contributed by atoms with van der Waals surface area (Å²) in [6, 6.07) is 7.45. The molecule has 3 rings (SSSR count). The Morgan fingerprint density at radius 1 is 1.19 bits per heavy atom. The van der Waals surface area contributed by atoms with Crippen molar-refractivity contribution in [2.45, 2.75) is 12.8 Å². The Bertz CT molecular complexity index is 850. The van der Waals surface area contributed by atoms with Crippen molar-refractivity contribution in [3.63, 3.8) is 0 Å². The van der Waals surface area contributed by atoms with Crippen LogP contribution in [0.25, 0.3) is 10.9 Å². The SMILES string of the molecule is CN(CC(=O)N1CCC(C(=O)O)CC1)C(=O)c1cccc2c1ccn2C. The highest BCUT2D eigenvalue weighted by Crippen LogP contribution is 2.21. The van der Waals surface area contributed by atoms with Crippen LogP contribution in [0, 0.1) is 5.92 Å². The minimum atomic E-state index is -0.805. The highest BCUT2D eigenvalue weighted by molar-refractivity contribution is 6.07. The van der Waals surface area contributed by atoms with E-state index in [4.69, 9.17) is 5.11 Å². The van der Waals surface area contributed by atoms with Crippen molar-refractivity contribution in [1.29, 1.82) is 0 Å². The van der Waals surface area contributed by atoms with Gasteiger partial charge in [-0.2, -0.15) is 0 Å². The number of hydrogen-bond donors (Lipinski definition) is 1. The lowest BCUT2D eigenvalue weighted by molar-refractivity contribution is -0.145. The lowest BCUT2D eigenvalue weighted by Gasteiger charge is -2.31. The average molecular weight is 357 g/mol. The number of likely N-dealkylation sites (N-methyl/N-ethyl adjacent to an activating group) is 1. The van der Waals surface area contributed by atoms with Gasteiger partial charge in [0.2, 0.25) is 5.91 Å². The second kappa shape index (κ2) is 7.19. The van der Waals surface area contributed by atoms with E-state index in [1.54, 1.807) is 18.0 Å².